The third kappa shape index (κ3) is 34.0. The Balaban J connectivity index is 0.000000211. The number of ether oxygens (including phenoxy) is 7. The molecular weight excluding hydrogens is 2280 g/mol. The molecular formula is C89H67Br3Cl12F6N10O14S2. The van der Waals surface area contributed by atoms with E-state index in [1.54, 1.807) is 145 Å². The van der Waals surface area contributed by atoms with Crippen molar-refractivity contribution in [2.24, 2.45) is 0 Å². The Hall–Kier alpha value is -9.42. The molecule has 0 radical (unpaired) electrons. The van der Waals surface area contributed by atoms with Crippen molar-refractivity contribution in [1.29, 1.82) is 0 Å². The maximum atomic E-state index is 12.3. The van der Waals surface area contributed by atoms with Crippen LogP contribution in [-0.4, -0.2) is 128 Å². The number of aliphatic hydroxyl groups is 1. The van der Waals surface area contributed by atoms with E-state index in [0.717, 1.165) is 89.2 Å². The van der Waals surface area contributed by atoms with Crippen LogP contribution in [0.5, 0.6) is 11.5 Å². The summed E-state index contributed by atoms with van der Waals surface area (Å²) in [5, 5.41) is 31.8. The normalized spacial score (nSPS) is 11.5. The summed E-state index contributed by atoms with van der Waals surface area (Å²) in [5.74, 6) is 3.25. The second-order valence-corrected chi connectivity index (χ2v) is 37.6. The van der Waals surface area contributed by atoms with E-state index in [-0.39, 0.29) is 52.5 Å². The first kappa shape index (κ1) is 114. The number of esters is 5. The molecule has 13 aromatic rings. The SMILES string of the molecule is C#Cc1c(Cl)cccc1Cl.CCOC(=O)C#Cc1c(Cl)cccc1Cl.CCOC(=O)c1c(-c2c(Cl)cccc2Cl)nnn1C1CC1.COC(=O)c1cc(OC(F)(F)F)c2nc(Br)sc2c1.COC(=O)c1cc(OC(F)(F)F)c2nc(N)sc2c1.COC(=O)c1ccc(N)c(C)c1.Clc1cccc(Cl)c1C=C(Br)Br.O=Cc1c(Cl)cccc1Cl.OCc1c(-c2c(Cl)cccc2Cl)nnn1C1CC1. The van der Waals surface area contributed by atoms with Gasteiger partial charge in [-0.3, -0.25) is 4.79 Å². The number of thiazole rings is 2. The molecule has 0 spiro atoms. The van der Waals surface area contributed by atoms with E-state index in [2.05, 4.69) is 125 Å². The lowest BCUT2D eigenvalue weighted by Gasteiger charge is -2.10. The molecule has 136 heavy (non-hydrogen) atoms. The van der Waals surface area contributed by atoms with Crippen molar-refractivity contribution in [3.63, 3.8) is 0 Å². The summed E-state index contributed by atoms with van der Waals surface area (Å²) >= 11 is 82.4. The summed E-state index contributed by atoms with van der Waals surface area (Å²) in [6.07, 6.45) is 1.94. The molecule has 0 unspecified atom stereocenters. The van der Waals surface area contributed by atoms with Gasteiger partial charge in [0.2, 0.25) is 0 Å². The molecule has 9 aromatic carbocycles. The number of anilines is 2. The lowest BCUT2D eigenvalue weighted by atomic mass is 10.1. The monoisotopic (exact) mass is 2330 g/mol. The summed E-state index contributed by atoms with van der Waals surface area (Å²) in [6.45, 7) is 5.77. The minimum atomic E-state index is -4.89. The van der Waals surface area contributed by atoms with E-state index in [9.17, 15) is 60.2 Å². The fraction of sp³-hybridized carbons (Fsp3) is 0.191. The van der Waals surface area contributed by atoms with Gasteiger partial charge in [0, 0.05) is 38.3 Å². The van der Waals surface area contributed by atoms with E-state index in [0.29, 0.717) is 154 Å². The summed E-state index contributed by atoms with van der Waals surface area (Å²) in [4.78, 5) is 74.9. The van der Waals surface area contributed by atoms with Crippen molar-refractivity contribution in [2.45, 2.75) is 77.9 Å². The third-order valence-electron chi connectivity index (χ3n) is 17.2. The zero-order valence-corrected chi connectivity index (χ0v) is 86.0. The Kier molecular flexibility index (Phi) is 45.3. The number of alkyl halides is 6. The van der Waals surface area contributed by atoms with Crippen molar-refractivity contribution in [3.05, 3.63) is 275 Å². The van der Waals surface area contributed by atoms with Gasteiger partial charge < -0.3 is 49.7 Å². The highest BCUT2D eigenvalue weighted by Gasteiger charge is 2.37. The molecule has 5 N–H and O–H groups in total. The van der Waals surface area contributed by atoms with Crippen molar-refractivity contribution >= 4 is 283 Å². The lowest BCUT2D eigenvalue weighted by Crippen LogP contribution is -2.17. The molecule has 15 rings (SSSR count). The number of nitrogens with zero attached hydrogens (tertiary/aromatic N) is 8. The van der Waals surface area contributed by atoms with Gasteiger partial charge in [-0.1, -0.05) is 209 Å². The standard InChI is InChI=1S/C14H13Cl2N3O2.C12H11Cl2N3O.C11H8Cl2O2.C10H5BrF3NO3S.C10H7F3N2O3S.C9H11NO2.C8H4Br2Cl2.C8H4Cl2.C7H4Cl2O/c1-2-21-14(20)13-12(17-18-19(13)8-6-7-8)11-9(15)4-3-5-10(11)16;13-8-2-1-3-9(14)11(8)12-10(6-18)17(16-15-12)7-4-5-7;1-2-15-11(14)7-6-8-9(12)4-3-5-10(8)13;1-17-8(16)4-2-5(18-10(12,13)14)7-6(3-4)19-9(11)15-7;1-17-8(16)4-2-5(18-10(11,12)13)7-6(3-4)19-9(14)15-7;1-6-5-7(9(11)12-2)3-4-8(6)10;9-8(10)4-5-6(11)2-1-3-7(5)12;1-2-6-7(9)4-3-5-8(6)10;8-6-2-1-3-7(9)5(6)4-10/h3-5,8H,2,6-7H2,1H3;1-3,7,18H,4-6H2;3-5H,2H2,1H3;2-3H,1H3;2-3H,1H3,(H2,14,15);3-5H,10H2,1-2H3;1-4H;1,3-5H;1-4H. The van der Waals surface area contributed by atoms with Crippen molar-refractivity contribution in [2.75, 3.05) is 46.0 Å². The van der Waals surface area contributed by atoms with Gasteiger partial charge in [-0.15, -0.1) is 54.3 Å². The number of benzene rings is 9. The van der Waals surface area contributed by atoms with Crippen LogP contribution in [0.3, 0.4) is 0 Å². The van der Waals surface area contributed by atoms with E-state index >= 15 is 0 Å². The molecule has 4 heterocycles. The largest absolute Gasteiger partial charge is 0.573 e. The summed E-state index contributed by atoms with van der Waals surface area (Å²) < 4.78 is 110. The van der Waals surface area contributed by atoms with Crippen LogP contribution in [-0.2, 0) is 35.1 Å². The van der Waals surface area contributed by atoms with E-state index < -0.39 is 48.1 Å². The minimum Gasteiger partial charge on any atom is -0.465 e. The molecule has 47 heteroatoms. The average Bonchev–Trinajstić information content (AvgIpc) is 1.62. The highest BCUT2D eigenvalue weighted by molar-refractivity contribution is 9.28. The number of terminal acetylenes is 1. The van der Waals surface area contributed by atoms with Crippen molar-refractivity contribution < 1.29 is 93.4 Å². The number of carbonyl (C=O) groups excluding carboxylic acids is 6. The van der Waals surface area contributed by atoms with Crippen LogP contribution in [0.4, 0.5) is 37.2 Å². The number of aliphatic hydroxyl groups excluding tert-OH is 1. The Morgan fingerprint density at radius 2 is 0.926 bits per heavy atom. The quantitative estimate of drug-likeness (QED) is 0.0214. The molecule has 2 fully saturated rings. The molecule has 0 saturated heterocycles. The minimum absolute atomic E-state index is 0.0295. The third-order valence-corrected chi connectivity index (χ3v) is 23.8. The second-order valence-electron chi connectivity index (χ2n) is 26.5. The number of hydrogen-bond acceptors (Lipinski definition) is 24. The Bertz CT molecular complexity index is 6400. The van der Waals surface area contributed by atoms with Gasteiger partial charge in [0.1, 0.15) is 22.4 Å². The van der Waals surface area contributed by atoms with Gasteiger partial charge in [0.05, 0.1) is 155 Å². The number of aldehydes is 1. The van der Waals surface area contributed by atoms with Crippen LogP contribution in [0, 0.1) is 31.1 Å². The number of aromatic nitrogens is 8. The molecule has 2 aliphatic carbocycles. The molecule has 0 aliphatic heterocycles. The lowest BCUT2D eigenvalue weighted by molar-refractivity contribution is -0.275. The maximum Gasteiger partial charge on any atom is 0.573 e. The predicted octanol–water partition coefficient (Wildman–Crippen LogP) is 28.3. The number of aryl methyl sites for hydroxylation is 1. The van der Waals surface area contributed by atoms with E-state index in [4.69, 9.17) is 162 Å². The number of carbonyl (C=O) groups is 6. The Labute approximate surface area is 865 Å². The van der Waals surface area contributed by atoms with E-state index in [1.807, 2.05) is 19.1 Å². The fourth-order valence-electron chi connectivity index (χ4n) is 10.8. The molecule has 24 nitrogen and oxygen atoms in total. The number of halogens is 21. The summed E-state index contributed by atoms with van der Waals surface area (Å²) in [6, 6.07) is 41.2. The predicted molar refractivity (Wildman–Crippen MR) is 532 cm³/mol. The highest BCUT2D eigenvalue weighted by Crippen LogP contribution is 2.44. The van der Waals surface area contributed by atoms with Gasteiger partial charge in [-0.05, 0) is 221 Å². The zero-order chi connectivity index (χ0) is 101. The van der Waals surface area contributed by atoms with Gasteiger partial charge in [0.25, 0.3) is 0 Å². The smallest absolute Gasteiger partial charge is 0.465 e. The summed E-state index contributed by atoms with van der Waals surface area (Å²) in [5.41, 5.74) is 18.2. The fourth-order valence-corrected chi connectivity index (χ4v) is 16.7. The maximum absolute atomic E-state index is 12.3. The zero-order valence-electron chi connectivity index (χ0n) is 70.5. The van der Waals surface area contributed by atoms with Crippen LogP contribution < -0.4 is 20.9 Å². The molecule has 716 valence electrons. The van der Waals surface area contributed by atoms with Gasteiger partial charge >= 0.3 is 42.6 Å². The van der Waals surface area contributed by atoms with Crippen molar-refractivity contribution in [1.82, 2.24) is 40.0 Å². The Morgan fingerprint density at radius 1 is 0.529 bits per heavy atom. The molecule has 0 bridgehead atoms. The second kappa shape index (κ2) is 54.2. The van der Waals surface area contributed by atoms with Crippen LogP contribution in [0.1, 0.15) is 131 Å². The highest BCUT2D eigenvalue weighted by atomic mass is 79.9. The van der Waals surface area contributed by atoms with Crippen LogP contribution in [0.15, 0.2) is 159 Å². The number of nitrogens with two attached hydrogens (primary N) is 2. The van der Waals surface area contributed by atoms with Crippen LogP contribution >= 0.6 is 210 Å². The molecule has 0 amide bonds. The number of hydrogen-bond donors (Lipinski definition) is 3. The molecule has 2 saturated carbocycles. The molecule has 4 aromatic heterocycles. The number of fused-ring (bicyclic) bond motifs is 2. The van der Waals surface area contributed by atoms with E-state index in [1.165, 1.54) is 19.2 Å². The molecule has 0 atom stereocenters. The Morgan fingerprint density at radius 3 is 1.32 bits per heavy atom. The van der Waals surface area contributed by atoms with Crippen LogP contribution in [0.25, 0.3) is 49.0 Å². The van der Waals surface area contributed by atoms with Crippen LogP contribution in [0.2, 0.25) is 60.3 Å². The first-order valence-corrected chi connectivity index (χ1v) is 46.8. The number of rotatable bonds is 15. The first-order valence-electron chi connectivity index (χ1n) is 38.2. The topological polar surface area (TPSA) is 326 Å². The number of nitrogen functional groups attached to an aromatic ring is 2. The average molecular weight is 2340 g/mol. The van der Waals surface area contributed by atoms with Gasteiger partial charge in [-0.2, -0.15) is 0 Å². The number of methoxy groups -OCH3 is 3. The summed E-state index contributed by atoms with van der Waals surface area (Å²) in [7, 11) is 3.62. The van der Waals surface area contributed by atoms with Crippen molar-refractivity contribution in [3.8, 4) is 58.2 Å². The molecule has 2 aliphatic rings. The van der Waals surface area contributed by atoms with Gasteiger partial charge in [0.15, 0.2) is 32.5 Å². The van der Waals surface area contributed by atoms with Gasteiger partial charge in [-0.25, -0.2) is 43.3 Å². The first-order chi connectivity index (χ1) is 64.4.